The quantitative estimate of drug-likeness (QED) is 0.750. The Morgan fingerprint density at radius 2 is 2.50 bits per heavy atom. The zero-order chi connectivity index (χ0) is 8.97. The number of rotatable bonds is 3. The fourth-order valence-electron chi connectivity index (χ4n) is 1.21. The van der Waals surface area contributed by atoms with Crippen molar-refractivity contribution in [1.29, 1.82) is 0 Å². The zero-order valence-electron chi connectivity index (χ0n) is 6.90. The Morgan fingerprint density at radius 1 is 1.75 bits per heavy atom. The summed E-state index contributed by atoms with van der Waals surface area (Å²) in [5.41, 5.74) is 0. The highest BCUT2D eigenvalue weighted by Crippen LogP contribution is 2.07. The van der Waals surface area contributed by atoms with Crippen molar-refractivity contribution in [3.63, 3.8) is 0 Å². The van der Waals surface area contributed by atoms with Crippen LogP contribution in [0.2, 0.25) is 0 Å². The minimum Gasteiger partial charge on any atom is -0.351 e. The molecule has 0 aliphatic carbocycles. The van der Waals surface area contributed by atoms with Crippen LogP contribution >= 0.6 is 15.9 Å². The van der Waals surface area contributed by atoms with Crippen LogP contribution in [0.15, 0.2) is 11.1 Å². The van der Waals surface area contributed by atoms with Gasteiger partial charge in [0.1, 0.15) is 0 Å². The highest BCUT2D eigenvalue weighted by atomic mass is 79.9. The molecule has 0 aromatic heterocycles. The molecule has 1 atom stereocenters. The second kappa shape index (κ2) is 4.62. The molecule has 0 aromatic rings. The third-order valence-electron chi connectivity index (χ3n) is 1.89. The molecule has 4 heteroatoms. The van der Waals surface area contributed by atoms with Crippen molar-refractivity contribution in [2.24, 2.45) is 5.92 Å². The molecule has 0 bridgehead atoms. The van der Waals surface area contributed by atoms with Crippen LogP contribution in [0.1, 0.15) is 6.42 Å². The monoisotopic (exact) mass is 232 g/mol. The minimum absolute atomic E-state index is 0.126. The van der Waals surface area contributed by atoms with E-state index in [-0.39, 0.29) is 11.8 Å². The summed E-state index contributed by atoms with van der Waals surface area (Å²) < 4.78 is 0.807. The number of halogens is 1. The van der Waals surface area contributed by atoms with E-state index in [1.807, 2.05) is 0 Å². The smallest absolute Gasteiger partial charge is 0.224 e. The molecule has 0 aromatic carbocycles. The Balaban J connectivity index is 2.23. The van der Waals surface area contributed by atoms with Gasteiger partial charge in [-0.3, -0.25) is 4.79 Å². The van der Waals surface area contributed by atoms with Gasteiger partial charge in [0.25, 0.3) is 0 Å². The Bertz CT molecular complexity index is 187. The van der Waals surface area contributed by atoms with Crippen LogP contribution in [0.5, 0.6) is 0 Å². The van der Waals surface area contributed by atoms with E-state index in [2.05, 4.69) is 33.1 Å². The van der Waals surface area contributed by atoms with E-state index in [0.29, 0.717) is 6.54 Å². The number of carbonyl (C=O) groups is 1. The first kappa shape index (κ1) is 9.74. The molecule has 1 heterocycles. The lowest BCUT2D eigenvalue weighted by Crippen LogP contribution is -2.32. The Labute approximate surface area is 80.7 Å². The standard InChI is InChI=1S/C8H13BrN2O/c1-6(9)4-11-8(12)7-2-3-10-5-7/h7,10H,1-5H2,(H,11,12)/t7-/m1/s1. The van der Waals surface area contributed by atoms with Crippen LogP contribution in [-0.2, 0) is 4.79 Å². The normalized spacial score (nSPS) is 22.2. The van der Waals surface area contributed by atoms with Gasteiger partial charge < -0.3 is 10.6 Å². The van der Waals surface area contributed by atoms with Crippen LogP contribution in [0.4, 0.5) is 0 Å². The highest BCUT2D eigenvalue weighted by Gasteiger charge is 2.21. The van der Waals surface area contributed by atoms with Gasteiger partial charge in [-0.05, 0) is 13.0 Å². The topological polar surface area (TPSA) is 41.1 Å². The van der Waals surface area contributed by atoms with E-state index < -0.39 is 0 Å². The predicted molar refractivity (Wildman–Crippen MR) is 52.1 cm³/mol. The molecule has 1 saturated heterocycles. The highest BCUT2D eigenvalue weighted by molar-refractivity contribution is 9.11. The average Bonchev–Trinajstić information content (AvgIpc) is 2.51. The van der Waals surface area contributed by atoms with E-state index in [0.717, 1.165) is 24.0 Å². The fraction of sp³-hybridized carbons (Fsp3) is 0.625. The van der Waals surface area contributed by atoms with Gasteiger partial charge in [-0.2, -0.15) is 0 Å². The summed E-state index contributed by atoms with van der Waals surface area (Å²) in [5, 5.41) is 5.94. The molecule has 1 aliphatic heterocycles. The van der Waals surface area contributed by atoms with Gasteiger partial charge in [-0.1, -0.05) is 22.5 Å². The molecule has 3 nitrogen and oxygen atoms in total. The molecule has 1 amide bonds. The van der Waals surface area contributed by atoms with Gasteiger partial charge in [0.2, 0.25) is 5.91 Å². The molecule has 0 saturated carbocycles. The summed E-state index contributed by atoms with van der Waals surface area (Å²) in [6.07, 6.45) is 0.945. The fourth-order valence-corrected chi connectivity index (χ4v) is 1.35. The number of nitrogens with one attached hydrogen (secondary N) is 2. The first-order valence-electron chi connectivity index (χ1n) is 4.02. The summed E-state index contributed by atoms with van der Waals surface area (Å²) in [4.78, 5) is 11.3. The second-order valence-electron chi connectivity index (χ2n) is 2.92. The number of hydrogen-bond acceptors (Lipinski definition) is 2. The minimum atomic E-state index is 0.126. The molecular weight excluding hydrogens is 220 g/mol. The van der Waals surface area contributed by atoms with Crippen LogP contribution in [0, 0.1) is 5.92 Å². The third-order valence-corrected chi connectivity index (χ3v) is 2.17. The largest absolute Gasteiger partial charge is 0.351 e. The molecule has 0 radical (unpaired) electrons. The number of amides is 1. The summed E-state index contributed by atoms with van der Waals surface area (Å²) in [6, 6.07) is 0. The average molecular weight is 233 g/mol. The van der Waals surface area contributed by atoms with Crippen molar-refractivity contribution < 1.29 is 4.79 Å². The molecule has 0 spiro atoms. The Kier molecular flexibility index (Phi) is 3.75. The van der Waals surface area contributed by atoms with Crippen molar-refractivity contribution in [3.05, 3.63) is 11.1 Å². The maximum Gasteiger partial charge on any atom is 0.224 e. The van der Waals surface area contributed by atoms with E-state index in [9.17, 15) is 4.79 Å². The summed E-state index contributed by atoms with van der Waals surface area (Å²) in [6.45, 7) is 5.92. The maximum atomic E-state index is 11.3. The van der Waals surface area contributed by atoms with E-state index in [4.69, 9.17) is 0 Å². The van der Waals surface area contributed by atoms with E-state index >= 15 is 0 Å². The Morgan fingerprint density at radius 3 is 3.00 bits per heavy atom. The van der Waals surface area contributed by atoms with Crippen molar-refractivity contribution in [1.82, 2.24) is 10.6 Å². The van der Waals surface area contributed by atoms with E-state index in [1.165, 1.54) is 0 Å². The van der Waals surface area contributed by atoms with Gasteiger partial charge in [0.15, 0.2) is 0 Å². The molecule has 0 unspecified atom stereocenters. The predicted octanol–water partition coefficient (Wildman–Crippen LogP) is 0.621. The van der Waals surface area contributed by atoms with Crippen molar-refractivity contribution >= 4 is 21.8 Å². The van der Waals surface area contributed by atoms with Crippen molar-refractivity contribution in [3.8, 4) is 0 Å². The lowest BCUT2D eigenvalue weighted by Gasteiger charge is -2.08. The molecule has 2 N–H and O–H groups in total. The van der Waals surface area contributed by atoms with Gasteiger partial charge in [-0.25, -0.2) is 0 Å². The van der Waals surface area contributed by atoms with Gasteiger partial charge in [0, 0.05) is 17.6 Å². The zero-order valence-corrected chi connectivity index (χ0v) is 8.49. The third kappa shape index (κ3) is 2.95. The van der Waals surface area contributed by atoms with Crippen LogP contribution in [0.3, 0.4) is 0 Å². The van der Waals surface area contributed by atoms with Crippen LogP contribution in [0.25, 0.3) is 0 Å². The lowest BCUT2D eigenvalue weighted by atomic mass is 10.1. The van der Waals surface area contributed by atoms with Crippen molar-refractivity contribution in [2.75, 3.05) is 19.6 Å². The SMILES string of the molecule is C=C(Br)CNC(=O)[C@@H]1CCNC1. The number of hydrogen-bond donors (Lipinski definition) is 2. The maximum absolute atomic E-state index is 11.3. The molecule has 1 rings (SSSR count). The Hall–Kier alpha value is -0.350. The number of carbonyl (C=O) groups excluding carboxylic acids is 1. The molecular formula is C8H13BrN2O. The molecule has 68 valence electrons. The lowest BCUT2D eigenvalue weighted by molar-refractivity contribution is -0.124. The van der Waals surface area contributed by atoms with Crippen molar-refractivity contribution in [2.45, 2.75) is 6.42 Å². The second-order valence-corrected chi connectivity index (χ2v) is 4.05. The molecule has 1 fully saturated rings. The first-order valence-corrected chi connectivity index (χ1v) is 4.81. The molecule has 12 heavy (non-hydrogen) atoms. The first-order chi connectivity index (χ1) is 5.70. The van der Waals surface area contributed by atoms with Crippen LogP contribution < -0.4 is 10.6 Å². The van der Waals surface area contributed by atoms with E-state index in [1.54, 1.807) is 0 Å². The summed E-state index contributed by atoms with van der Waals surface area (Å²) in [5.74, 6) is 0.275. The summed E-state index contributed by atoms with van der Waals surface area (Å²) >= 11 is 3.19. The van der Waals surface area contributed by atoms with Gasteiger partial charge in [0.05, 0.1) is 5.92 Å². The van der Waals surface area contributed by atoms with Gasteiger partial charge >= 0.3 is 0 Å². The molecule has 1 aliphatic rings. The van der Waals surface area contributed by atoms with Crippen LogP contribution in [-0.4, -0.2) is 25.5 Å². The summed E-state index contributed by atoms with van der Waals surface area (Å²) in [7, 11) is 0. The van der Waals surface area contributed by atoms with Gasteiger partial charge in [-0.15, -0.1) is 0 Å².